The minimum absolute atomic E-state index is 0.0154. The lowest BCUT2D eigenvalue weighted by Gasteiger charge is -2.63. The molecule has 6 aliphatic heterocycles. The Kier molecular flexibility index (Phi) is 19.8. The van der Waals surface area contributed by atoms with E-state index < -0.39 is 190 Å². The van der Waals surface area contributed by atoms with Gasteiger partial charge in [0.1, 0.15) is 104 Å². The number of aliphatic hydroxyl groups is 16. The maximum atomic E-state index is 12.3. The van der Waals surface area contributed by atoms with Gasteiger partial charge in [-0.1, -0.05) is 32.9 Å². The van der Waals surface area contributed by atoms with Crippen LogP contribution >= 0.6 is 0 Å². The molecule has 0 aromatic rings. The van der Waals surface area contributed by atoms with Gasteiger partial charge in [0.2, 0.25) is 0 Å². The summed E-state index contributed by atoms with van der Waals surface area (Å²) in [5.41, 5.74) is -0.344. The highest BCUT2D eigenvalue weighted by Gasteiger charge is 2.70. The van der Waals surface area contributed by atoms with Crippen molar-refractivity contribution in [2.45, 2.75) is 277 Å². The van der Waals surface area contributed by atoms with Gasteiger partial charge in [-0.25, -0.2) is 0 Å². The number of ether oxygens (including phenoxy) is 11. The third-order valence-corrected chi connectivity index (χ3v) is 21.9. The molecule has 37 atom stereocenters. The molecule has 10 fully saturated rings. The normalized spacial score (nSPS) is 56.7. The van der Waals surface area contributed by atoms with Gasteiger partial charge in [-0.3, -0.25) is 0 Å². The molecule has 84 heavy (non-hydrogen) atoms. The van der Waals surface area contributed by atoms with Crippen molar-refractivity contribution in [1.29, 1.82) is 0 Å². The van der Waals surface area contributed by atoms with E-state index >= 15 is 0 Å². The van der Waals surface area contributed by atoms with Crippen molar-refractivity contribution in [2.24, 2.45) is 46.3 Å². The molecule has 37 unspecified atom stereocenters. The summed E-state index contributed by atoms with van der Waals surface area (Å²) in [5.74, 6) is -1.58. The Morgan fingerprint density at radius 3 is 1.69 bits per heavy atom. The Morgan fingerprint density at radius 2 is 1.05 bits per heavy atom. The molecular weight excluding hydrogens is 1120 g/mol. The van der Waals surface area contributed by atoms with Crippen LogP contribution in [0.5, 0.6) is 0 Å². The molecule has 6 saturated heterocycles. The first-order valence-electron chi connectivity index (χ1n) is 30.2. The molecule has 0 bridgehead atoms. The van der Waals surface area contributed by atoms with E-state index in [1.165, 1.54) is 6.92 Å². The van der Waals surface area contributed by atoms with E-state index in [2.05, 4.69) is 20.4 Å². The van der Waals surface area contributed by atoms with Gasteiger partial charge >= 0.3 is 0 Å². The Hall–Kier alpha value is -1.34. The van der Waals surface area contributed by atoms with E-state index in [0.29, 0.717) is 31.3 Å². The average Bonchev–Trinajstić information content (AvgIpc) is 1.99. The summed E-state index contributed by atoms with van der Waals surface area (Å²) in [6, 6.07) is 0. The zero-order chi connectivity index (χ0) is 61.0. The molecule has 0 radical (unpaired) electrons. The second-order valence-electron chi connectivity index (χ2n) is 26.7. The first kappa shape index (κ1) is 65.6. The van der Waals surface area contributed by atoms with Crippen LogP contribution in [-0.4, -0.2) is 279 Å². The maximum Gasteiger partial charge on any atom is 0.187 e. The molecule has 4 saturated carbocycles. The van der Waals surface area contributed by atoms with Gasteiger partial charge in [0.15, 0.2) is 37.2 Å². The smallest absolute Gasteiger partial charge is 0.187 e. The van der Waals surface area contributed by atoms with Crippen molar-refractivity contribution < 1.29 is 134 Å². The molecule has 6 heterocycles. The first-order valence-corrected chi connectivity index (χ1v) is 30.2. The van der Waals surface area contributed by atoms with E-state index in [1.54, 1.807) is 13.8 Å². The van der Waals surface area contributed by atoms with Crippen molar-refractivity contribution in [1.82, 2.24) is 0 Å². The fourth-order valence-corrected chi connectivity index (χ4v) is 16.9. The van der Waals surface area contributed by atoms with Crippen molar-refractivity contribution >= 4 is 0 Å². The van der Waals surface area contributed by atoms with Crippen molar-refractivity contribution in [3.63, 3.8) is 0 Å². The summed E-state index contributed by atoms with van der Waals surface area (Å²) < 4.78 is 67.8. The van der Waals surface area contributed by atoms with Gasteiger partial charge in [0.25, 0.3) is 0 Å². The summed E-state index contributed by atoms with van der Waals surface area (Å²) in [4.78, 5) is 0. The average molecular weight is 1210 g/mol. The topological polar surface area (TPSA) is 425 Å². The van der Waals surface area contributed by atoms with Crippen LogP contribution in [0.2, 0.25) is 0 Å². The summed E-state index contributed by atoms with van der Waals surface area (Å²) in [6.07, 6.45) is -34.0. The van der Waals surface area contributed by atoms with Crippen LogP contribution in [0.1, 0.15) is 99.3 Å². The summed E-state index contributed by atoms with van der Waals surface area (Å²) in [7, 11) is 0. The lowest BCUT2D eigenvalue weighted by Crippen LogP contribution is -2.66. The van der Waals surface area contributed by atoms with Gasteiger partial charge in [0, 0.05) is 18.8 Å². The van der Waals surface area contributed by atoms with Crippen molar-refractivity contribution in [3.8, 4) is 0 Å². The highest BCUT2D eigenvalue weighted by atomic mass is 16.8. The molecule has 27 nitrogen and oxygen atoms in total. The van der Waals surface area contributed by atoms with E-state index in [4.69, 9.17) is 52.1 Å². The summed E-state index contributed by atoms with van der Waals surface area (Å²) >= 11 is 0. The molecule has 27 heteroatoms. The third kappa shape index (κ3) is 11.6. The molecule has 4 aliphatic carbocycles. The molecule has 0 aromatic carbocycles. The Balaban J connectivity index is 0.864. The molecule has 10 aliphatic rings. The van der Waals surface area contributed by atoms with Gasteiger partial charge in [-0.2, -0.15) is 0 Å². The van der Waals surface area contributed by atoms with Crippen LogP contribution in [0.3, 0.4) is 0 Å². The number of fused-ring (bicyclic) bond motifs is 7. The molecule has 10 rings (SSSR count). The van der Waals surface area contributed by atoms with Crippen LogP contribution in [0, 0.1) is 46.3 Å². The quantitative estimate of drug-likeness (QED) is 0.0515. The molecule has 16 N–H and O–H groups in total. The number of rotatable bonds is 16. The second-order valence-corrected chi connectivity index (χ2v) is 26.7. The summed E-state index contributed by atoms with van der Waals surface area (Å²) in [6.45, 7) is 13.8. The maximum absolute atomic E-state index is 12.3. The monoisotopic (exact) mass is 1210 g/mol. The second kappa shape index (κ2) is 25.4. The fraction of sp³-hybridized carbons (Fsp3) is 0.965. The van der Waals surface area contributed by atoms with E-state index in [-0.39, 0.29) is 66.5 Å². The standard InChI is InChI=1S/C57H94O27/c1-20(19-74-50-44(69)40(65)37(62)31(17-58)79-50)10-13-57(73)21(2)34-30(84-57)16-29-27-9-8-25-14-26(78-51-47(72)43(68)48(24(5)77-51)82-53-46(71)41(66)38(63)32(18-59)80-53)15-33(56(25,7)28(27)11-12-55(29,34)6)81-54-49(42(67)36(61)23(4)76-54)83-52-45(70)39(64)35(60)22(3)75-52/h21-54,58-73H,1,8-19H2,2-7H3. The lowest BCUT2D eigenvalue weighted by atomic mass is 9.43. The minimum Gasteiger partial charge on any atom is -0.394 e. The summed E-state index contributed by atoms with van der Waals surface area (Å²) in [5, 5.41) is 173. The SMILES string of the molecule is C=C(CCC1(O)OC2CC3C4CCC5CC(OC6OC(C)C(OC7OC(CO)C(O)C(O)C7O)C(O)C6O)CC(OC6OC(C)C(O)C(O)C6OC6OC(C)C(O)C(O)C6O)C5(C)C4CCC3(C)C2C1C)COC1OC(CO)C(O)C(O)C1O. The minimum atomic E-state index is -1.79. The Morgan fingerprint density at radius 1 is 0.524 bits per heavy atom. The zero-order valence-electron chi connectivity index (χ0n) is 48.5. The zero-order valence-corrected chi connectivity index (χ0v) is 48.5. The number of hydrogen-bond donors (Lipinski definition) is 16. The van der Waals surface area contributed by atoms with Crippen LogP contribution in [0.25, 0.3) is 0 Å². The van der Waals surface area contributed by atoms with Crippen LogP contribution in [0.4, 0.5) is 0 Å². The largest absolute Gasteiger partial charge is 0.394 e. The van der Waals surface area contributed by atoms with Crippen LogP contribution in [-0.2, 0) is 52.1 Å². The van der Waals surface area contributed by atoms with Crippen LogP contribution in [0.15, 0.2) is 12.2 Å². The number of hydrogen-bond acceptors (Lipinski definition) is 27. The predicted octanol–water partition coefficient (Wildman–Crippen LogP) is -4.16. The van der Waals surface area contributed by atoms with Gasteiger partial charge in [-0.15, -0.1) is 0 Å². The third-order valence-electron chi connectivity index (χ3n) is 21.9. The van der Waals surface area contributed by atoms with E-state index in [9.17, 15) is 81.7 Å². The molecule has 0 aromatic heterocycles. The van der Waals surface area contributed by atoms with Crippen molar-refractivity contribution in [3.05, 3.63) is 12.2 Å². The molecule has 0 spiro atoms. The molecule has 484 valence electrons. The van der Waals surface area contributed by atoms with Crippen molar-refractivity contribution in [2.75, 3.05) is 19.8 Å². The van der Waals surface area contributed by atoms with Gasteiger partial charge in [0.05, 0.1) is 56.4 Å². The van der Waals surface area contributed by atoms with Crippen LogP contribution < -0.4 is 0 Å². The van der Waals surface area contributed by atoms with Gasteiger partial charge in [-0.05, 0) is 106 Å². The number of aliphatic hydroxyl groups excluding tert-OH is 15. The lowest BCUT2D eigenvalue weighted by molar-refractivity contribution is -0.379. The van der Waals surface area contributed by atoms with E-state index in [0.717, 1.165) is 19.3 Å². The highest BCUT2D eigenvalue weighted by molar-refractivity contribution is 5.17. The highest BCUT2D eigenvalue weighted by Crippen LogP contribution is 2.71. The predicted molar refractivity (Wildman–Crippen MR) is 281 cm³/mol. The Bertz CT molecular complexity index is 2220. The molecular formula is C57H94O27. The van der Waals surface area contributed by atoms with E-state index in [1.807, 2.05) is 6.92 Å². The fourth-order valence-electron chi connectivity index (χ4n) is 16.9. The van der Waals surface area contributed by atoms with Gasteiger partial charge < -0.3 is 134 Å². The molecule has 0 amide bonds. The Labute approximate surface area is 487 Å². The first-order chi connectivity index (χ1) is 39.6.